The van der Waals surface area contributed by atoms with Gasteiger partial charge in [0.15, 0.2) is 5.13 Å². The molecule has 1 aromatic carbocycles. The van der Waals surface area contributed by atoms with Crippen LogP contribution in [-0.2, 0) is 9.59 Å². The highest BCUT2D eigenvalue weighted by Crippen LogP contribution is 2.26. The van der Waals surface area contributed by atoms with Crippen molar-refractivity contribution in [2.75, 3.05) is 11.9 Å². The van der Waals surface area contributed by atoms with Crippen molar-refractivity contribution in [3.8, 4) is 0 Å². The van der Waals surface area contributed by atoms with Gasteiger partial charge in [0.25, 0.3) is 0 Å². The van der Waals surface area contributed by atoms with Gasteiger partial charge in [0.1, 0.15) is 0 Å². The molecular formula is C16H21N3O2S. The summed E-state index contributed by atoms with van der Waals surface area (Å²) in [5.41, 5.74) is 2.11. The third-order valence-corrected chi connectivity index (χ3v) is 4.18. The van der Waals surface area contributed by atoms with Crippen LogP contribution >= 0.6 is 11.3 Å². The third-order valence-electron chi connectivity index (χ3n) is 3.24. The van der Waals surface area contributed by atoms with Crippen molar-refractivity contribution in [2.24, 2.45) is 0 Å². The first-order valence-corrected chi connectivity index (χ1v) is 8.28. The summed E-state index contributed by atoms with van der Waals surface area (Å²) in [6.45, 7) is 4.22. The zero-order valence-electron chi connectivity index (χ0n) is 12.9. The van der Waals surface area contributed by atoms with E-state index in [9.17, 15) is 9.59 Å². The van der Waals surface area contributed by atoms with Gasteiger partial charge in [0, 0.05) is 19.9 Å². The Balaban J connectivity index is 1.73. The zero-order valence-corrected chi connectivity index (χ0v) is 13.8. The van der Waals surface area contributed by atoms with Crippen LogP contribution in [0.4, 0.5) is 5.13 Å². The molecule has 0 saturated heterocycles. The predicted octanol–water partition coefficient (Wildman–Crippen LogP) is 3.24. The van der Waals surface area contributed by atoms with Crippen molar-refractivity contribution >= 4 is 38.5 Å². The maximum atomic E-state index is 11.9. The van der Waals surface area contributed by atoms with Crippen molar-refractivity contribution in [1.29, 1.82) is 0 Å². The number of aromatic nitrogens is 1. The number of rotatable bonds is 7. The number of benzene rings is 1. The lowest BCUT2D eigenvalue weighted by Crippen LogP contribution is -2.20. The molecule has 2 amide bonds. The second-order valence-electron chi connectivity index (χ2n) is 5.33. The first kappa shape index (κ1) is 16.4. The van der Waals surface area contributed by atoms with Crippen LogP contribution in [0.2, 0.25) is 0 Å². The number of amides is 2. The number of anilines is 1. The molecule has 0 spiro atoms. The summed E-state index contributed by atoms with van der Waals surface area (Å²) >= 11 is 1.50. The summed E-state index contributed by atoms with van der Waals surface area (Å²) in [7, 11) is 0. The van der Waals surface area contributed by atoms with E-state index in [0.29, 0.717) is 18.1 Å². The number of carbonyl (C=O) groups excluding carboxylic acids is 2. The van der Waals surface area contributed by atoms with Crippen molar-refractivity contribution in [2.45, 2.75) is 39.5 Å². The average molecular weight is 319 g/mol. The molecule has 22 heavy (non-hydrogen) atoms. The van der Waals surface area contributed by atoms with Gasteiger partial charge in [-0.25, -0.2) is 4.98 Å². The van der Waals surface area contributed by atoms with E-state index in [0.717, 1.165) is 29.5 Å². The predicted molar refractivity (Wildman–Crippen MR) is 90.1 cm³/mol. The Morgan fingerprint density at radius 3 is 2.82 bits per heavy atom. The summed E-state index contributed by atoms with van der Waals surface area (Å²) in [4.78, 5) is 27.0. The van der Waals surface area contributed by atoms with Crippen molar-refractivity contribution in [3.63, 3.8) is 0 Å². The van der Waals surface area contributed by atoms with E-state index in [1.807, 2.05) is 19.1 Å². The number of aryl methyl sites for hydroxylation is 1. The van der Waals surface area contributed by atoms with E-state index >= 15 is 0 Å². The van der Waals surface area contributed by atoms with Gasteiger partial charge in [-0.05, 0) is 37.5 Å². The number of fused-ring (bicyclic) bond motifs is 1. The van der Waals surface area contributed by atoms with Gasteiger partial charge < -0.3 is 10.6 Å². The lowest BCUT2D eigenvalue weighted by molar-refractivity contribution is -0.119. The fourth-order valence-corrected chi connectivity index (χ4v) is 3.10. The van der Waals surface area contributed by atoms with Crippen LogP contribution < -0.4 is 10.6 Å². The lowest BCUT2D eigenvalue weighted by Gasteiger charge is -2.03. The molecule has 2 aromatic rings. The number of nitrogens with zero attached hydrogens (tertiary/aromatic N) is 1. The summed E-state index contributed by atoms with van der Waals surface area (Å²) in [5, 5.41) is 6.26. The molecule has 0 unspecified atom stereocenters. The summed E-state index contributed by atoms with van der Waals surface area (Å²) < 4.78 is 1.09. The fourth-order valence-electron chi connectivity index (χ4n) is 2.12. The average Bonchev–Trinajstić information content (AvgIpc) is 2.83. The minimum absolute atomic E-state index is 0.00435. The van der Waals surface area contributed by atoms with Gasteiger partial charge in [-0.2, -0.15) is 0 Å². The SMILES string of the molecule is CC(=O)NCCCCCC(=O)Nc1nc2ccc(C)cc2s1. The van der Waals surface area contributed by atoms with E-state index in [1.165, 1.54) is 23.8 Å². The van der Waals surface area contributed by atoms with Crippen LogP contribution in [-0.4, -0.2) is 23.3 Å². The molecule has 0 saturated carbocycles. The number of hydrogen-bond donors (Lipinski definition) is 2. The van der Waals surface area contributed by atoms with Crippen LogP contribution in [0.5, 0.6) is 0 Å². The number of carbonyl (C=O) groups is 2. The van der Waals surface area contributed by atoms with Gasteiger partial charge >= 0.3 is 0 Å². The minimum Gasteiger partial charge on any atom is -0.356 e. The van der Waals surface area contributed by atoms with Crippen molar-refractivity contribution in [1.82, 2.24) is 10.3 Å². The highest BCUT2D eigenvalue weighted by atomic mass is 32.1. The van der Waals surface area contributed by atoms with E-state index < -0.39 is 0 Å². The number of hydrogen-bond acceptors (Lipinski definition) is 4. The Bertz CT molecular complexity index is 666. The Morgan fingerprint density at radius 1 is 1.23 bits per heavy atom. The van der Waals surface area contributed by atoms with E-state index in [2.05, 4.69) is 21.7 Å². The standard InChI is InChI=1S/C16H21N3O2S/c1-11-7-8-13-14(10-11)22-16(18-13)19-15(21)6-4-3-5-9-17-12(2)20/h7-8,10H,3-6,9H2,1-2H3,(H,17,20)(H,18,19,21). The van der Waals surface area contributed by atoms with E-state index in [4.69, 9.17) is 0 Å². The van der Waals surface area contributed by atoms with Gasteiger partial charge in [-0.1, -0.05) is 23.8 Å². The van der Waals surface area contributed by atoms with Gasteiger partial charge in [-0.3, -0.25) is 9.59 Å². The molecule has 5 nitrogen and oxygen atoms in total. The maximum absolute atomic E-state index is 11.9. The highest BCUT2D eigenvalue weighted by Gasteiger charge is 2.07. The fraction of sp³-hybridized carbons (Fsp3) is 0.438. The Labute approximate surface area is 134 Å². The zero-order chi connectivity index (χ0) is 15.9. The summed E-state index contributed by atoms with van der Waals surface area (Å²) in [5.74, 6) is -0.0147. The topological polar surface area (TPSA) is 71.1 Å². The molecule has 0 aliphatic heterocycles. The van der Waals surface area contributed by atoms with E-state index in [-0.39, 0.29) is 11.8 Å². The molecule has 118 valence electrons. The number of nitrogens with one attached hydrogen (secondary N) is 2. The Hall–Kier alpha value is -1.95. The summed E-state index contributed by atoms with van der Waals surface area (Å²) in [6.07, 6.45) is 3.12. The second-order valence-corrected chi connectivity index (χ2v) is 6.36. The number of unbranched alkanes of at least 4 members (excludes halogenated alkanes) is 2. The Kier molecular flexibility index (Phi) is 5.89. The first-order chi connectivity index (χ1) is 10.5. The number of thiazole rings is 1. The highest BCUT2D eigenvalue weighted by molar-refractivity contribution is 7.22. The molecular weight excluding hydrogens is 298 g/mol. The molecule has 1 heterocycles. The third kappa shape index (κ3) is 5.11. The van der Waals surface area contributed by atoms with Crippen LogP contribution in [0.3, 0.4) is 0 Å². The molecule has 0 bridgehead atoms. The lowest BCUT2D eigenvalue weighted by atomic mass is 10.2. The molecule has 0 aliphatic carbocycles. The normalized spacial score (nSPS) is 10.6. The van der Waals surface area contributed by atoms with Gasteiger partial charge in [-0.15, -0.1) is 0 Å². The molecule has 0 aliphatic rings. The molecule has 1 aromatic heterocycles. The second kappa shape index (κ2) is 7.89. The van der Waals surface area contributed by atoms with Crippen molar-refractivity contribution in [3.05, 3.63) is 23.8 Å². The van der Waals surface area contributed by atoms with Gasteiger partial charge in [0.2, 0.25) is 11.8 Å². The van der Waals surface area contributed by atoms with E-state index in [1.54, 1.807) is 0 Å². The van der Waals surface area contributed by atoms with Crippen LogP contribution in [0.25, 0.3) is 10.2 Å². The minimum atomic E-state index is -0.0104. The molecule has 0 radical (unpaired) electrons. The Morgan fingerprint density at radius 2 is 2.05 bits per heavy atom. The van der Waals surface area contributed by atoms with Gasteiger partial charge in [0.05, 0.1) is 10.2 Å². The monoisotopic (exact) mass is 319 g/mol. The van der Waals surface area contributed by atoms with Crippen LogP contribution in [0.1, 0.15) is 38.2 Å². The quantitative estimate of drug-likeness (QED) is 0.770. The molecule has 2 N–H and O–H groups in total. The van der Waals surface area contributed by atoms with Crippen LogP contribution in [0.15, 0.2) is 18.2 Å². The van der Waals surface area contributed by atoms with Crippen molar-refractivity contribution < 1.29 is 9.59 Å². The smallest absolute Gasteiger partial charge is 0.226 e. The first-order valence-electron chi connectivity index (χ1n) is 7.46. The maximum Gasteiger partial charge on any atom is 0.226 e. The molecule has 2 rings (SSSR count). The molecule has 6 heteroatoms. The molecule has 0 fully saturated rings. The largest absolute Gasteiger partial charge is 0.356 e. The van der Waals surface area contributed by atoms with Crippen LogP contribution in [0, 0.1) is 6.92 Å². The molecule has 0 atom stereocenters. The summed E-state index contributed by atoms with van der Waals surface area (Å²) in [6, 6.07) is 6.06.